The fraction of sp³-hybridized carbons (Fsp3) is 0.0526. The zero-order chi connectivity index (χ0) is 16.9. The minimum absolute atomic E-state index is 0.0852. The van der Waals surface area contributed by atoms with Gasteiger partial charge in [-0.15, -0.1) is 0 Å². The maximum absolute atomic E-state index is 12.4. The molecule has 120 valence electrons. The van der Waals surface area contributed by atoms with Crippen molar-refractivity contribution in [2.75, 3.05) is 11.9 Å². The Morgan fingerprint density at radius 2 is 1.58 bits per heavy atom. The second-order valence-corrected chi connectivity index (χ2v) is 6.18. The number of halogens is 1. The molecule has 0 aliphatic rings. The van der Waals surface area contributed by atoms with Crippen LogP contribution in [0.25, 0.3) is 10.8 Å². The summed E-state index contributed by atoms with van der Waals surface area (Å²) < 4.78 is 0.935. The number of hydrogen-bond donors (Lipinski definition) is 2. The summed E-state index contributed by atoms with van der Waals surface area (Å²) in [6, 6.07) is 20.4. The Morgan fingerprint density at radius 3 is 2.38 bits per heavy atom. The molecule has 0 spiro atoms. The van der Waals surface area contributed by atoms with Crippen LogP contribution in [0.5, 0.6) is 0 Å². The van der Waals surface area contributed by atoms with E-state index in [4.69, 9.17) is 0 Å². The third-order valence-corrected chi connectivity index (χ3v) is 4.10. The number of benzene rings is 3. The van der Waals surface area contributed by atoms with Crippen LogP contribution >= 0.6 is 15.9 Å². The summed E-state index contributed by atoms with van der Waals surface area (Å²) in [5.74, 6) is -0.538. The molecule has 3 aromatic rings. The highest BCUT2D eigenvalue weighted by Crippen LogP contribution is 2.18. The van der Waals surface area contributed by atoms with E-state index in [0.717, 1.165) is 15.2 Å². The maximum Gasteiger partial charge on any atom is 0.252 e. The van der Waals surface area contributed by atoms with Gasteiger partial charge in [0, 0.05) is 15.7 Å². The minimum atomic E-state index is -0.272. The summed E-state index contributed by atoms with van der Waals surface area (Å²) in [5.41, 5.74) is 1.24. The Hall–Kier alpha value is -2.66. The predicted molar refractivity (Wildman–Crippen MR) is 99.1 cm³/mol. The summed E-state index contributed by atoms with van der Waals surface area (Å²) in [6.45, 7) is -0.0852. The molecule has 0 bridgehead atoms. The van der Waals surface area contributed by atoms with Crippen LogP contribution in [0.3, 0.4) is 0 Å². The van der Waals surface area contributed by atoms with E-state index in [1.54, 1.807) is 18.2 Å². The van der Waals surface area contributed by atoms with Crippen LogP contribution in [0.1, 0.15) is 10.4 Å². The molecule has 5 heteroatoms. The first-order valence-corrected chi connectivity index (χ1v) is 8.24. The molecule has 0 fully saturated rings. The number of rotatable bonds is 4. The van der Waals surface area contributed by atoms with E-state index < -0.39 is 0 Å². The Kier molecular flexibility index (Phi) is 4.91. The van der Waals surface area contributed by atoms with E-state index in [9.17, 15) is 9.59 Å². The lowest BCUT2D eigenvalue weighted by Crippen LogP contribution is -2.32. The van der Waals surface area contributed by atoms with Crippen molar-refractivity contribution in [3.63, 3.8) is 0 Å². The van der Waals surface area contributed by atoms with Gasteiger partial charge in [-0.2, -0.15) is 0 Å². The molecule has 2 N–H and O–H groups in total. The van der Waals surface area contributed by atoms with E-state index in [1.807, 2.05) is 48.5 Å². The first-order chi connectivity index (χ1) is 11.6. The molecular formula is C19H15BrN2O2. The Bertz CT molecular complexity index is 886. The largest absolute Gasteiger partial charge is 0.343 e. The third-order valence-electron chi connectivity index (χ3n) is 3.57. The smallest absolute Gasteiger partial charge is 0.252 e. The first-order valence-electron chi connectivity index (χ1n) is 7.45. The second kappa shape index (κ2) is 7.27. The van der Waals surface area contributed by atoms with Crippen molar-refractivity contribution in [2.45, 2.75) is 0 Å². The lowest BCUT2D eigenvalue weighted by Gasteiger charge is -2.09. The van der Waals surface area contributed by atoms with Gasteiger partial charge in [-0.1, -0.05) is 52.3 Å². The van der Waals surface area contributed by atoms with Crippen LogP contribution in [0.2, 0.25) is 0 Å². The van der Waals surface area contributed by atoms with Crippen LogP contribution in [0, 0.1) is 0 Å². The molecule has 0 radical (unpaired) electrons. The van der Waals surface area contributed by atoms with Crippen molar-refractivity contribution in [1.82, 2.24) is 5.32 Å². The van der Waals surface area contributed by atoms with Crippen molar-refractivity contribution < 1.29 is 9.59 Å². The topological polar surface area (TPSA) is 58.2 Å². The molecule has 0 aliphatic heterocycles. The van der Waals surface area contributed by atoms with Crippen molar-refractivity contribution in [3.8, 4) is 0 Å². The molecule has 0 saturated heterocycles. The molecule has 2 amide bonds. The summed E-state index contributed by atoms with van der Waals surface area (Å²) in [6.07, 6.45) is 0. The van der Waals surface area contributed by atoms with E-state index in [2.05, 4.69) is 26.6 Å². The standard InChI is InChI=1S/C19H15BrN2O2/c20-14-8-10-15(11-9-14)22-18(23)12-21-19(24)17-7-3-5-13-4-1-2-6-16(13)17/h1-11H,12H2,(H,21,24)(H,22,23). The van der Waals surface area contributed by atoms with Crippen LogP contribution in [0.4, 0.5) is 5.69 Å². The Morgan fingerprint density at radius 1 is 0.875 bits per heavy atom. The van der Waals surface area contributed by atoms with Crippen molar-refractivity contribution in [2.24, 2.45) is 0 Å². The highest BCUT2D eigenvalue weighted by atomic mass is 79.9. The number of fused-ring (bicyclic) bond motifs is 1. The van der Waals surface area contributed by atoms with Crippen molar-refractivity contribution in [1.29, 1.82) is 0 Å². The number of carbonyl (C=O) groups excluding carboxylic acids is 2. The average Bonchev–Trinajstić information content (AvgIpc) is 2.61. The van der Waals surface area contributed by atoms with Gasteiger partial charge in [-0.05, 0) is 41.1 Å². The van der Waals surface area contributed by atoms with Gasteiger partial charge in [0.15, 0.2) is 0 Å². The number of carbonyl (C=O) groups is 2. The number of amides is 2. The lowest BCUT2D eigenvalue weighted by molar-refractivity contribution is -0.115. The summed E-state index contributed by atoms with van der Waals surface area (Å²) in [4.78, 5) is 24.3. The molecular weight excluding hydrogens is 368 g/mol. The molecule has 0 atom stereocenters. The minimum Gasteiger partial charge on any atom is -0.343 e. The van der Waals surface area contributed by atoms with Gasteiger partial charge in [-0.3, -0.25) is 9.59 Å². The summed E-state index contributed by atoms with van der Waals surface area (Å²) in [7, 11) is 0. The first kappa shape index (κ1) is 16.2. The van der Waals surface area contributed by atoms with Gasteiger partial charge in [0.2, 0.25) is 5.91 Å². The van der Waals surface area contributed by atoms with E-state index >= 15 is 0 Å². The van der Waals surface area contributed by atoms with Crippen LogP contribution < -0.4 is 10.6 Å². The monoisotopic (exact) mass is 382 g/mol. The third kappa shape index (κ3) is 3.81. The molecule has 3 aromatic carbocycles. The molecule has 0 unspecified atom stereocenters. The van der Waals surface area contributed by atoms with Gasteiger partial charge in [-0.25, -0.2) is 0 Å². The maximum atomic E-state index is 12.4. The molecule has 4 nitrogen and oxygen atoms in total. The van der Waals surface area contributed by atoms with Crippen molar-refractivity contribution in [3.05, 3.63) is 76.8 Å². The van der Waals surface area contributed by atoms with Gasteiger partial charge < -0.3 is 10.6 Å². The molecule has 0 saturated carbocycles. The van der Waals surface area contributed by atoms with Gasteiger partial charge >= 0.3 is 0 Å². The lowest BCUT2D eigenvalue weighted by atomic mass is 10.0. The highest BCUT2D eigenvalue weighted by Gasteiger charge is 2.11. The number of anilines is 1. The molecule has 0 heterocycles. The van der Waals surface area contributed by atoms with Crippen molar-refractivity contribution >= 4 is 44.2 Å². The SMILES string of the molecule is O=C(CNC(=O)c1cccc2ccccc12)Nc1ccc(Br)cc1. The summed E-state index contributed by atoms with van der Waals surface area (Å²) in [5, 5.41) is 7.26. The van der Waals surface area contributed by atoms with Crippen LogP contribution in [-0.4, -0.2) is 18.4 Å². The predicted octanol–water partition coefficient (Wildman–Crippen LogP) is 3.97. The van der Waals surface area contributed by atoms with E-state index in [0.29, 0.717) is 11.3 Å². The van der Waals surface area contributed by atoms with Crippen LogP contribution in [0.15, 0.2) is 71.2 Å². The van der Waals surface area contributed by atoms with E-state index in [-0.39, 0.29) is 18.4 Å². The zero-order valence-corrected chi connectivity index (χ0v) is 14.3. The number of hydrogen-bond acceptors (Lipinski definition) is 2. The second-order valence-electron chi connectivity index (χ2n) is 5.26. The molecule has 0 aliphatic carbocycles. The summed E-state index contributed by atoms with van der Waals surface area (Å²) >= 11 is 3.34. The normalized spacial score (nSPS) is 10.4. The average molecular weight is 383 g/mol. The Balaban J connectivity index is 1.64. The van der Waals surface area contributed by atoms with Crippen LogP contribution in [-0.2, 0) is 4.79 Å². The van der Waals surface area contributed by atoms with Gasteiger partial charge in [0.25, 0.3) is 5.91 Å². The van der Waals surface area contributed by atoms with E-state index in [1.165, 1.54) is 0 Å². The molecule has 24 heavy (non-hydrogen) atoms. The highest BCUT2D eigenvalue weighted by molar-refractivity contribution is 9.10. The number of nitrogens with one attached hydrogen (secondary N) is 2. The zero-order valence-electron chi connectivity index (χ0n) is 12.8. The fourth-order valence-corrected chi connectivity index (χ4v) is 2.68. The molecule has 3 rings (SSSR count). The molecule has 0 aromatic heterocycles. The fourth-order valence-electron chi connectivity index (χ4n) is 2.42. The van der Waals surface area contributed by atoms with Gasteiger partial charge in [0.1, 0.15) is 0 Å². The van der Waals surface area contributed by atoms with Gasteiger partial charge in [0.05, 0.1) is 6.54 Å². The quantitative estimate of drug-likeness (QED) is 0.716. The Labute approximate surface area is 148 Å².